The minimum atomic E-state index is -4.69. The zero-order valence-corrected chi connectivity index (χ0v) is 18.1. The Labute approximate surface area is 175 Å². The van der Waals surface area contributed by atoms with E-state index >= 15 is 0 Å². The van der Waals surface area contributed by atoms with E-state index < -0.39 is 12.3 Å². The molecular weight excluding hydrogens is 375 g/mol. The number of aliphatic hydroxyl groups is 1. The molecule has 168 valence electrons. The molecule has 2 nitrogen and oxygen atoms in total. The van der Waals surface area contributed by atoms with Gasteiger partial charge >= 0.3 is 6.18 Å². The Hall–Kier alpha value is -1.23. The molecule has 0 spiro atoms. The second-order valence-corrected chi connectivity index (χ2v) is 8.25. The number of hydrogen-bond acceptors (Lipinski definition) is 2. The van der Waals surface area contributed by atoms with E-state index in [1.54, 1.807) is 12.1 Å². The molecule has 1 aromatic rings. The van der Waals surface area contributed by atoms with Crippen LogP contribution in [-0.2, 0) is 6.42 Å². The maximum Gasteiger partial charge on any atom is 0.418 e. The summed E-state index contributed by atoms with van der Waals surface area (Å²) in [7, 11) is 0. The van der Waals surface area contributed by atoms with Crippen molar-refractivity contribution in [3.63, 3.8) is 0 Å². The summed E-state index contributed by atoms with van der Waals surface area (Å²) in [5, 5.41) is 9.33. The molecule has 0 saturated heterocycles. The highest BCUT2D eigenvalue weighted by Gasteiger charge is 2.40. The number of nitrogens with two attached hydrogens (primary N) is 1. The second-order valence-electron chi connectivity index (χ2n) is 8.25. The number of benzene rings is 1. The summed E-state index contributed by atoms with van der Waals surface area (Å²) in [5.41, 5.74) is 6.39. The number of anilines is 1. The van der Waals surface area contributed by atoms with Gasteiger partial charge in [0.2, 0.25) is 0 Å². The van der Waals surface area contributed by atoms with Crippen molar-refractivity contribution in [2.75, 3.05) is 5.73 Å². The fourth-order valence-electron chi connectivity index (χ4n) is 3.73. The molecule has 0 radical (unpaired) electrons. The summed E-state index contributed by atoms with van der Waals surface area (Å²) < 4.78 is 37.8. The highest BCUT2D eigenvalue weighted by molar-refractivity contribution is 5.50. The van der Waals surface area contributed by atoms with Gasteiger partial charge in [0.05, 0.1) is 0 Å². The number of alkyl halides is 3. The standard InChI is InChI=1S/C24H40F3NO/c1-2-3-4-5-6-7-8-9-10-11-12-13-14-15-16-20-17-18-21(22(28)19-20)23(29)24(25,26)27/h17-19,23,29H,2-16,28H2,1H3. The molecule has 29 heavy (non-hydrogen) atoms. The molecule has 5 heteroatoms. The van der Waals surface area contributed by atoms with E-state index in [-0.39, 0.29) is 11.3 Å². The average Bonchev–Trinajstić information content (AvgIpc) is 2.67. The first-order valence-electron chi connectivity index (χ1n) is 11.5. The summed E-state index contributed by atoms with van der Waals surface area (Å²) in [4.78, 5) is 0. The molecule has 3 N–H and O–H groups in total. The van der Waals surface area contributed by atoms with E-state index in [0.717, 1.165) is 24.8 Å². The quantitative estimate of drug-likeness (QED) is 0.213. The Morgan fingerprint density at radius 2 is 1.24 bits per heavy atom. The monoisotopic (exact) mass is 415 g/mol. The molecular formula is C24H40F3NO. The Balaban J connectivity index is 2.05. The van der Waals surface area contributed by atoms with Gasteiger partial charge in [-0.2, -0.15) is 13.2 Å². The fraction of sp³-hybridized carbons (Fsp3) is 0.750. The van der Waals surface area contributed by atoms with Crippen molar-refractivity contribution in [1.29, 1.82) is 0 Å². The van der Waals surface area contributed by atoms with E-state index in [2.05, 4.69) is 6.92 Å². The Morgan fingerprint density at radius 3 is 1.66 bits per heavy atom. The van der Waals surface area contributed by atoms with Gasteiger partial charge in [-0.05, 0) is 24.5 Å². The summed E-state index contributed by atoms with van der Waals surface area (Å²) in [6, 6.07) is 4.50. The molecule has 1 rings (SSSR count). The number of hydrogen-bond donors (Lipinski definition) is 2. The minimum absolute atomic E-state index is 0.0117. The molecule has 0 fully saturated rings. The van der Waals surface area contributed by atoms with Crippen molar-refractivity contribution in [2.24, 2.45) is 0 Å². The minimum Gasteiger partial charge on any atom is -0.398 e. The van der Waals surface area contributed by atoms with E-state index in [4.69, 9.17) is 5.73 Å². The van der Waals surface area contributed by atoms with Crippen LogP contribution in [0.5, 0.6) is 0 Å². The lowest BCUT2D eigenvalue weighted by Crippen LogP contribution is -2.21. The van der Waals surface area contributed by atoms with Crippen LogP contribution in [0, 0.1) is 0 Å². The second kappa shape index (κ2) is 14.7. The van der Waals surface area contributed by atoms with Crippen LogP contribution >= 0.6 is 0 Å². The molecule has 0 aliphatic rings. The number of halogens is 3. The number of rotatable bonds is 16. The highest BCUT2D eigenvalue weighted by Crippen LogP contribution is 2.35. The van der Waals surface area contributed by atoms with Crippen molar-refractivity contribution in [1.82, 2.24) is 0 Å². The number of nitrogen functional groups attached to an aromatic ring is 1. The zero-order chi connectivity index (χ0) is 21.5. The first kappa shape index (κ1) is 25.8. The van der Waals surface area contributed by atoms with Crippen LogP contribution in [0.1, 0.15) is 114 Å². The molecule has 0 aliphatic heterocycles. The van der Waals surface area contributed by atoms with Crippen LogP contribution in [0.15, 0.2) is 18.2 Å². The molecule has 0 amide bonds. The van der Waals surface area contributed by atoms with Gasteiger partial charge in [0.25, 0.3) is 0 Å². The number of aryl methyl sites for hydroxylation is 1. The van der Waals surface area contributed by atoms with Crippen molar-refractivity contribution in [3.05, 3.63) is 29.3 Å². The largest absolute Gasteiger partial charge is 0.418 e. The fourth-order valence-corrected chi connectivity index (χ4v) is 3.73. The maximum absolute atomic E-state index is 12.6. The van der Waals surface area contributed by atoms with Gasteiger partial charge in [-0.3, -0.25) is 0 Å². The van der Waals surface area contributed by atoms with E-state index in [0.29, 0.717) is 0 Å². The van der Waals surface area contributed by atoms with E-state index in [1.165, 1.54) is 83.1 Å². The molecule has 0 saturated carbocycles. The van der Waals surface area contributed by atoms with Gasteiger partial charge in [0, 0.05) is 11.3 Å². The Kier molecular flexibility index (Phi) is 13.1. The third-order valence-corrected chi connectivity index (χ3v) is 5.57. The van der Waals surface area contributed by atoms with Crippen LogP contribution in [0.25, 0.3) is 0 Å². The summed E-state index contributed by atoms with van der Waals surface area (Å²) in [6.45, 7) is 2.25. The number of unbranched alkanes of at least 4 members (excludes halogenated alkanes) is 13. The molecule has 1 aromatic carbocycles. The van der Waals surface area contributed by atoms with Gasteiger partial charge in [-0.15, -0.1) is 0 Å². The normalized spacial score (nSPS) is 13.0. The summed E-state index contributed by atoms with van der Waals surface area (Å²) >= 11 is 0. The zero-order valence-electron chi connectivity index (χ0n) is 18.1. The van der Waals surface area contributed by atoms with Crippen LogP contribution < -0.4 is 5.73 Å². The van der Waals surface area contributed by atoms with Crippen molar-refractivity contribution in [3.8, 4) is 0 Å². The lowest BCUT2D eigenvalue weighted by molar-refractivity contribution is -0.206. The van der Waals surface area contributed by atoms with E-state index in [1.807, 2.05) is 0 Å². The molecule has 0 aromatic heterocycles. The van der Waals surface area contributed by atoms with Crippen LogP contribution in [-0.4, -0.2) is 11.3 Å². The molecule has 1 atom stereocenters. The third-order valence-electron chi connectivity index (χ3n) is 5.57. The Bertz CT molecular complexity index is 545. The highest BCUT2D eigenvalue weighted by atomic mass is 19.4. The van der Waals surface area contributed by atoms with E-state index in [9.17, 15) is 18.3 Å². The van der Waals surface area contributed by atoms with Crippen molar-refractivity contribution >= 4 is 5.69 Å². The average molecular weight is 416 g/mol. The van der Waals surface area contributed by atoms with Gasteiger partial charge in [0.1, 0.15) is 0 Å². The van der Waals surface area contributed by atoms with Crippen LogP contribution in [0.2, 0.25) is 0 Å². The maximum atomic E-state index is 12.6. The SMILES string of the molecule is CCCCCCCCCCCCCCCCc1ccc(C(O)C(F)(F)F)c(N)c1. The van der Waals surface area contributed by atoms with Crippen LogP contribution in [0.3, 0.4) is 0 Å². The predicted molar refractivity (Wildman–Crippen MR) is 116 cm³/mol. The van der Waals surface area contributed by atoms with Crippen LogP contribution in [0.4, 0.5) is 18.9 Å². The summed E-state index contributed by atoms with van der Waals surface area (Å²) in [5.74, 6) is 0. The van der Waals surface area contributed by atoms with Crippen molar-refractivity contribution in [2.45, 2.75) is 116 Å². The number of aliphatic hydroxyl groups excluding tert-OH is 1. The predicted octanol–water partition coefficient (Wildman–Crippen LogP) is 7.89. The molecule has 0 bridgehead atoms. The van der Waals surface area contributed by atoms with Crippen molar-refractivity contribution < 1.29 is 18.3 Å². The molecule has 0 aliphatic carbocycles. The first-order valence-corrected chi connectivity index (χ1v) is 11.5. The van der Waals surface area contributed by atoms with Gasteiger partial charge in [-0.1, -0.05) is 103 Å². The molecule has 1 unspecified atom stereocenters. The molecule has 0 heterocycles. The topological polar surface area (TPSA) is 46.2 Å². The lowest BCUT2D eigenvalue weighted by Gasteiger charge is -2.17. The van der Waals surface area contributed by atoms with Gasteiger partial charge < -0.3 is 10.8 Å². The first-order chi connectivity index (χ1) is 13.9. The Morgan fingerprint density at radius 1 is 0.793 bits per heavy atom. The lowest BCUT2D eigenvalue weighted by atomic mass is 10.00. The third kappa shape index (κ3) is 11.5. The van der Waals surface area contributed by atoms with Gasteiger partial charge in [0.15, 0.2) is 6.10 Å². The summed E-state index contributed by atoms with van der Waals surface area (Å²) in [6.07, 6.45) is 11.8. The van der Waals surface area contributed by atoms with Gasteiger partial charge in [-0.25, -0.2) is 0 Å². The smallest absolute Gasteiger partial charge is 0.398 e.